The summed E-state index contributed by atoms with van der Waals surface area (Å²) in [6, 6.07) is -0.351. The Balaban J connectivity index is -0.000000159. The minimum Gasteiger partial charge on any atom is -0.673 e. The van der Waals surface area contributed by atoms with Crippen LogP contribution >= 0.6 is 0 Å². The van der Waals surface area contributed by atoms with Gasteiger partial charge in [-0.2, -0.15) is 6.42 Å². The molecule has 1 atom stereocenters. The Kier molecular flexibility index (Phi) is 29.3. The number of aromatic nitrogens is 2. The van der Waals surface area contributed by atoms with E-state index in [1.165, 1.54) is 0 Å². The molecule has 0 fully saturated rings. The van der Waals surface area contributed by atoms with Crippen LogP contribution in [0.4, 0.5) is 0 Å². The van der Waals surface area contributed by atoms with Crippen molar-refractivity contribution < 1.29 is 63.4 Å². The summed E-state index contributed by atoms with van der Waals surface area (Å²) < 4.78 is 0. The Labute approximate surface area is 210 Å². The van der Waals surface area contributed by atoms with Gasteiger partial charge in [0.2, 0.25) is 0 Å². The van der Waals surface area contributed by atoms with Gasteiger partial charge in [0.05, 0.1) is 12.2 Å². The smallest absolute Gasteiger partial charge is 0.0921 e. The first-order chi connectivity index (χ1) is 12.1. The maximum Gasteiger partial charge on any atom is 0.0921 e. The van der Waals surface area contributed by atoms with Gasteiger partial charge < -0.3 is 44.8 Å². The zero-order chi connectivity index (χ0) is 20.4. The monoisotopic (exact) mass is 637 g/mol. The Morgan fingerprint density at radius 1 is 1.36 bits per heavy atom. The van der Waals surface area contributed by atoms with E-state index in [0.717, 1.165) is 37.9 Å². The predicted molar refractivity (Wildman–Crippen MR) is 107 cm³/mol. The number of hydrogen-bond acceptors (Lipinski definition) is 4. The maximum atomic E-state index is 10.2. The number of amides is 1. The third kappa shape index (κ3) is 33.5. The first-order valence-corrected chi connectivity index (χ1v) is 8.65. The summed E-state index contributed by atoms with van der Waals surface area (Å²) in [6.07, 6.45) is 9.92. The molecule has 1 heterocycles. The number of unbranched alkanes of at least 4 members (excludes halogenated alkanes) is 3. The Bertz CT molecular complexity index is 448. The van der Waals surface area contributed by atoms with Crippen molar-refractivity contribution in [1.29, 1.82) is 0 Å². The minimum absolute atomic E-state index is 0. The van der Waals surface area contributed by atoms with E-state index in [2.05, 4.69) is 41.5 Å². The summed E-state index contributed by atoms with van der Waals surface area (Å²) in [7, 11) is 3.39. The molecule has 0 spiro atoms. The average molecular weight is 637 g/mol. The molecule has 0 saturated carbocycles. The number of nitrogens with one attached hydrogen (secondary N) is 4. The van der Waals surface area contributed by atoms with Crippen molar-refractivity contribution >= 4 is 12.2 Å². The zero-order valence-corrected chi connectivity index (χ0v) is 23.1. The summed E-state index contributed by atoms with van der Waals surface area (Å²) in [5.41, 5.74) is 7.59. The SMILES string of the molecule is CC(C)(C)[NH-].[CH2-]CCCCCNC([CH2-])=O.[CH2-]N[C@H]([C-]=O)Cc1cnc[nH]1.[W].[Y]. The molecule has 9 heteroatoms. The summed E-state index contributed by atoms with van der Waals surface area (Å²) >= 11 is 0. The van der Waals surface area contributed by atoms with E-state index in [1.807, 2.05) is 27.1 Å². The van der Waals surface area contributed by atoms with Gasteiger partial charge in [-0.1, -0.05) is 33.6 Å². The van der Waals surface area contributed by atoms with E-state index in [-0.39, 0.29) is 71.3 Å². The molecule has 1 rings (SSSR count). The van der Waals surface area contributed by atoms with Crippen LogP contribution in [0.3, 0.4) is 0 Å². The van der Waals surface area contributed by atoms with Crippen LogP contribution in [0.5, 0.6) is 0 Å². The number of carbonyl (C=O) groups excluding carboxylic acids is 2. The molecule has 161 valence electrons. The second-order valence-electron chi connectivity index (χ2n) is 6.67. The zero-order valence-electron chi connectivity index (χ0n) is 17.3. The van der Waals surface area contributed by atoms with Crippen molar-refractivity contribution in [3.63, 3.8) is 0 Å². The van der Waals surface area contributed by atoms with Crippen molar-refractivity contribution in [3.8, 4) is 0 Å². The molecule has 0 aromatic carbocycles. The van der Waals surface area contributed by atoms with Gasteiger partial charge in [-0.3, -0.25) is 7.05 Å². The van der Waals surface area contributed by atoms with Crippen LogP contribution < -0.4 is 10.6 Å². The van der Waals surface area contributed by atoms with Gasteiger partial charge in [-0.05, 0) is 12.8 Å². The summed E-state index contributed by atoms with van der Waals surface area (Å²) in [6.45, 7) is 13.2. The van der Waals surface area contributed by atoms with Gasteiger partial charge in [-0.25, -0.2) is 11.3 Å². The number of nitrogens with zero attached hydrogens (tertiary/aromatic N) is 1. The maximum absolute atomic E-state index is 10.2. The van der Waals surface area contributed by atoms with Crippen LogP contribution in [0.1, 0.15) is 52.1 Å². The Morgan fingerprint density at radius 3 is 2.29 bits per heavy atom. The van der Waals surface area contributed by atoms with Crippen LogP contribution in [0.2, 0.25) is 0 Å². The van der Waals surface area contributed by atoms with E-state index in [4.69, 9.17) is 5.73 Å². The largest absolute Gasteiger partial charge is 0.673 e. The van der Waals surface area contributed by atoms with Gasteiger partial charge in [-0.15, -0.1) is 11.6 Å². The molecule has 1 radical (unpaired) electrons. The van der Waals surface area contributed by atoms with Crippen molar-refractivity contribution in [2.24, 2.45) is 0 Å². The van der Waals surface area contributed by atoms with Gasteiger partial charge in [0.25, 0.3) is 0 Å². The average Bonchev–Trinajstić information content (AvgIpc) is 3.04. The second-order valence-corrected chi connectivity index (χ2v) is 6.67. The third-order valence-corrected chi connectivity index (χ3v) is 2.62. The second kappa shape index (κ2) is 23.2. The van der Waals surface area contributed by atoms with Crippen LogP contribution in [-0.2, 0) is 69.8 Å². The van der Waals surface area contributed by atoms with Crippen molar-refractivity contribution in [2.45, 2.75) is 64.5 Å². The Hall–Kier alpha value is -0.0678. The Morgan fingerprint density at radius 2 is 1.93 bits per heavy atom. The number of H-pyrrole nitrogens is 1. The molecule has 0 aliphatic rings. The number of rotatable bonds is 9. The van der Waals surface area contributed by atoms with Crippen molar-refractivity contribution in [2.75, 3.05) is 6.54 Å². The molecule has 1 amide bonds. The van der Waals surface area contributed by atoms with E-state index in [1.54, 1.807) is 12.5 Å². The van der Waals surface area contributed by atoms with Gasteiger partial charge in [0.15, 0.2) is 0 Å². The number of hydrogen-bond donors (Lipinski definition) is 3. The van der Waals surface area contributed by atoms with E-state index in [9.17, 15) is 9.59 Å². The van der Waals surface area contributed by atoms with Crippen LogP contribution in [0.25, 0.3) is 5.73 Å². The molecule has 4 N–H and O–H groups in total. The van der Waals surface area contributed by atoms with Gasteiger partial charge in [0.1, 0.15) is 0 Å². The first-order valence-electron chi connectivity index (χ1n) is 8.65. The van der Waals surface area contributed by atoms with E-state index < -0.39 is 0 Å². The van der Waals surface area contributed by atoms with Gasteiger partial charge >= 0.3 is 0 Å². The molecule has 0 aliphatic carbocycles. The molecule has 0 aliphatic heterocycles. The fourth-order valence-corrected chi connectivity index (χ4v) is 1.48. The summed E-state index contributed by atoms with van der Waals surface area (Å²) in [4.78, 5) is 27.1. The topological polar surface area (TPSA) is 111 Å². The first kappa shape index (κ1) is 35.4. The summed E-state index contributed by atoms with van der Waals surface area (Å²) in [5, 5.41) is 5.20. The molecule has 1 aromatic heterocycles. The molecule has 0 bridgehead atoms. The fraction of sp³-hybridized carbons (Fsp3) is 0.579. The fourth-order valence-electron chi connectivity index (χ4n) is 1.48. The minimum atomic E-state index is -0.351. The van der Waals surface area contributed by atoms with Crippen LogP contribution in [0.15, 0.2) is 12.5 Å². The number of carbonyl (C=O) groups is 1. The number of aromatic amines is 1. The summed E-state index contributed by atoms with van der Waals surface area (Å²) in [5.74, 6) is -0.186. The molecular weight excluding hydrogens is 603 g/mol. The molecular formula is C19H34N5O2WY-5. The van der Waals surface area contributed by atoms with E-state index in [0.29, 0.717) is 6.42 Å². The number of imidazole rings is 1. The third-order valence-electron chi connectivity index (χ3n) is 2.62. The molecule has 1 aromatic rings. The molecule has 0 saturated heterocycles. The van der Waals surface area contributed by atoms with Crippen LogP contribution in [0, 0.1) is 20.9 Å². The molecule has 7 nitrogen and oxygen atoms in total. The quantitative estimate of drug-likeness (QED) is 0.286. The van der Waals surface area contributed by atoms with E-state index >= 15 is 0 Å². The van der Waals surface area contributed by atoms with Crippen LogP contribution in [-0.4, -0.2) is 40.3 Å². The molecule has 0 unspecified atom stereocenters. The normalized spacial score (nSPS) is 10.5. The molecule has 28 heavy (non-hydrogen) atoms. The van der Waals surface area contributed by atoms with Gasteiger partial charge in [0, 0.05) is 72.2 Å². The van der Waals surface area contributed by atoms with Crippen molar-refractivity contribution in [3.05, 3.63) is 44.8 Å². The standard InChI is InChI=1S/C8H15NO.C7H9N3O.C4H10N.W.Y/c1-3-4-5-6-7-9-8(2)10;1-8-7(4-11)2-6-3-9-5-10-6;1-4(2,3)5;;/h1-7H2,(H,9,10);3,5,7-8H,1-2H2,(H,9,10);5H,1-3H3;;/q2*-2;-1;;/t;7-;;;/m.0.../s1. The van der Waals surface area contributed by atoms with Crippen molar-refractivity contribution in [1.82, 2.24) is 20.6 Å². The predicted octanol–water partition coefficient (Wildman–Crippen LogP) is 2.97.